The second-order valence-corrected chi connectivity index (χ2v) is 7.20. The molecule has 3 heterocycles. The normalized spacial score (nSPS) is 22.4. The fourth-order valence-corrected chi connectivity index (χ4v) is 3.80. The second kappa shape index (κ2) is 10.9. The molecule has 0 radical (unpaired) electrons. The first-order valence-corrected chi connectivity index (χ1v) is 10.2. The van der Waals surface area contributed by atoms with Gasteiger partial charge in [-0.05, 0) is 43.5 Å². The van der Waals surface area contributed by atoms with Gasteiger partial charge in [0.15, 0.2) is 5.96 Å². The number of rotatable bonds is 5. The van der Waals surface area contributed by atoms with Gasteiger partial charge in [-0.3, -0.25) is 0 Å². The molecule has 0 bridgehead atoms. The van der Waals surface area contributed by atoms with Gasteiger partial charge in [-0.2, -0.15) is 5.10 Å². The number of aliphatic imine (C=N–C) groups is 1. The van der Waals surface area contributed by atoms with Crippen molar-refractivity contribution < 1.29 is 9.47 Å². The number of nitrogens with one attached hydrogen (secondary N) is 1. The molecule has 2 fully saturated rings. The number of aromatic nitrogens is 2. The molecule has 4 rings (SSSR count). The molecule has 1 N–H and O–H groups in total. The molecule has 29 heavy (non-hydrogen) atoms. The highest BCUT2D eigenvalue weighted by Gasteiger charge is 2.32. The van der Waals surface area contributed by atoms with Crippen molar-refractivity contribution >= 4 is 29.9 Å². The Labute approximate surface area is 189 Å². The summed E-state index contributed by atoms with van der Waals surface area (Å²) in [6, 6.07) is 10.3. The van der Waals surface area contributed by atoms with Crippen LogP contribution in [0.5, 0.6) is 0 Å². The predicted molar refractivity (Wildman–Crippen MR) is 124 cm³/mol. The monoisotopic (exact) mass is 511 g/mol. The van der Waals surface area contributed by atoms with Gasteiger partial charge >= 0.3 is 0 Å². The standard InChI is InChI=1S/C21H29N5O2.HI/c1-2-22-21(25-11-13-28-20(16-25)19-8-4-12-27-19)23-15-17-6-3-7-18(14-17)26-10-5-9-24-26;/h3,5-7,9-10,14,19-20H,2,4,8,11-13,15-16H2,1H3,(H,22,23);1H. The molecular formula is C21H30IN5O2. The summed E-state index contributed by atoms with van der Waals surface area (Å²) in [6.07, 6.45) is 6.31. The zero-order valence-corrected chi connectivity index (χ0v) is 19.2. The first kappa shape index (κ1) is 22.0. The molecule has 0 spiro atoms. The fraction of sp³-hybridized carbons (Fsp3) is 0.524. The Hall–Kier alpha value is -1.65. The lowest BCUT2D eigenvalue weighted by Gasteiger charge is -2.37. The van der Waals surface area contributed by atoms with Crippen molar-refractivity contribution in [3.8, 4) is 5.69 Å². The van der Waals surface area contributed by atoms with Gasteiger partial charge in [0.2, 0.25) is 0 Å². The van der Waals surface area contributed by atoms with Crippen molar-refractivity contribution in [2.75, 3.05) is 32.8 Å². The number of hydrogen-bond donors (Lipinski definition) is 1. The molecule has 0 aliphatic carbocycles. The average Bonchev–Trinajstić information content (AvgIpc) is 3.46. The average molecular weight is 511 g/mol. The highest BCUT2D eigenvalue weighted by molar-refractivity contribution is 14.0. The minimum Gasteiger partial charge on any atom is -0.375 e. The first-order valence-electron chi connectivity index (χ1n) is 10.2. The summed E-state index contributed by atoms with van der Waals surface area (Å²) in [7, 11) is 0. The Morgan fingerprint density at radius 1 is 1.24 bits per heavy atom. The number of benzene rings is 1. The Bertz CT molecular complexity index is 777. The van der Waals surface area contributed by atoms with E-state index in [1.165, 1.54) is 0 Å². The van der Waals surface area contributed by atoms with E-state index in [0.717, 1.165) is 56.3 Å². The van der Waals surface area contributed by atoms with Crippen LogP contribution < -0.4 is 5.32 Å². The predicted octanol–water partition coefficient (Wildman–Crippen LogP) is 2.84. The molecule has 2 saturated heterocycles. The van der Waals surface area contributed by atoms with E-state index < -0.39 is 0 Å². The Morgan fingerprint density at radius 3 is 2.90 bits per heavy atom. The maximum absolute atomic E-state index is 5.98. The van der Waals surface area contributed by atoms with Gasteiger partial charge in [-0.15, -0.1) is 24.0 Å². The summed E-state index contributed by atoms with van der Waals surface area (Å²) >= 11 is 0. The molecule has 2 aliphatic heterocycles. The quantitative estimate of drug-likeness (QED) is 0.380. The molecule has 0 amide bonds. The van der Waals surface area contributed by atoms with Crippen molar-refractivity contribution in [3.63, 3.8) is 0 Å². The largest absolute Gasteiger partial charge is 0.375 e. The number of hydrogen-bond acceptors (Lipinski definition) is 4. The van der Waals surface area contributed by atoms with Crippen LogP contribution in [0.15, 0.2) is 47.7 Å². The lowest BCUT2D eigenvalue weighted by molar-refractivity contribution is -0.0817. The van der Waals surface area contributed by atoms with E-state index in [1.807, 2.05) is 16.9 Å². The number of halogens is 1. The van der Waals surface area contributed by atoms with Gasteiger partial charge in [0.05, 0.1) is 24.9 Å². The van der Waals surface area contributed by atoms with Gasteiger partial charge in [-0.25, -0.2) is 9.67 Å². The van der Waals surface area contributed by atoms with Gasteiger partial charge in [-0.1, -0.05) is 12.1 Å². The summed E-state index contributed by atoms with van der Waals surface area (Å²) in [5.74, 6) is 0.943. The van der Waals surface area contributed by atoms with Gasteiger partial charge in [0.1, 0.15) is 6.10 Å². The fourth-order valence-electron chi connectivity index (χ4n) is 3.80. The lowest BCUT2D eigenvalue weighted by Crippen LogP contribution is -2.53. The maximum Gasteiger partial charge on any atom is 0.194 e. The van der Waals surface area contributed by atoms with Crippen LogP contribution in [0.4, 0.5) is 0 Å². The Morgan fingerprint density at radius 2 is 2.14 bits per heavy atom. The SMILES string of the molecule is CCNC(=NCc1cccc(-n2cccn2)c1)N1CCOC(C2CCCO2)C1.I. The van der Waals surface area contributed by atoms with Crippen LogP contribution >= 0.6 is 24.0 Å². The van der Waals surface area contributed by atoms with Gasteiger partial charge < -0.3 is 19.7 Å². The van der Waals surface area contributed by atoms with Crippen LogP contribution in [-0.4, -0.2) is 65.7 Å². The van der Waals surface area contributed by atoms with Crippen LogP contribution in [0.2, 0.25) is 0 Å². The molecule has 1 aromatic carbocycles. The van der Waals surface area contributed by atoms with E-state index >= 15 is 0 Å². The van der Waals surface area contributed by atoms with E-state index in [-0.39, 0.29) is 36.2 Å². The van der Waals surface area contributed by atoms with Gasteiger partial charge in [0, 0.05) is 38.6 Å². The van der Waals surface area contributed by atoms with Crippen LogP contribution in [0, 0.1) is 0 Å². The third kappa shape index (κ3) is 5.70. The summed E-state index contributed by atoms with van der Waals surface area (Å²) < 4.78 is 13.7. The van der Waals surface area contributed by atoms with Crippen molar-refractivity contribution in [1.82, 2.24) is 20.0 Å². The number of nitrogens with zero attached hydrogens (tertiary/aromatic N) is 4. The zero-order chi connectivity index (χ0) is 19.2. The lowest BCUT2D eigenvalue weighted by atomic mass is 10.1. The highest BCUT2D eigenvalue weighted by atomic mass is 127. The molecule has 2 aromatic rings. The first-order chi connectivity index (χ1) is 13.8. The second-order valence-electron chi connectivity index (χ2n) is 7.20. The van der Waals surface area contributed by atoms with E-state index in [9.17, 15) is 0 Å². The number of ether oxygens (including phenoxy) is 2. The van der Waals surface area contributed by atoms with E-state index in [2.05, 4.69) is 46.5 Å². The molecule has 158 valence electrons. The third-order valence-corrected chi connectivity index (χ3v) is 5.20. The minimum atomic E-state index is 0. The molecule has 2 unspecified atom stereocenters. The Balaban J connectivity index is 0.00000240. The van der Waals surface area contributed by atoms with Crippen molar-refractivity contribution in [3.05, 3.63) is 48.3 Å². The number of morpholine rings is 1. The summed E-state index contributed by atoms with van der Waals surface area (Å²) in [6.45, 7) is 6.81. The molecule has 2 aliphatic rings. The van der Waals surface area contributed by atoms with Crippen molar-refractivity contribution in [1.29, 1.82) is 0 Å². The zero-order valence-electron chi connectivity index (χ0n) is 16.9. The molecule has 7 nitrogen and oxygen atoms in total. The van der Waals surface area contributed by atoms with Crippen LogP contribution in [0.3, 0.4) is 0 Å². The number of guanidine groups is 1. The van der Waals surface area contributed by atoms with Crippen molar-refractivity contribution in [2.24, 2.45) is 4.99 Å². The summed E-state index contributed by atoms with van der Waals surface area (Å²) in [4.78, 5) is 7.20. The third-order valence-electron chi connectivity index (χ3n) is 5.20. The summed E-state index contributed by atoms with van der Waals surface area (Å²) in [5, 5.41) is 7.74. The maximum atomic E-state index is 5.98. The van der Waals surface area contributed by atoms with E-state index in [4.69, 9.17) is 14.5 Å². The molecule has 2 atom stereocenters. The highest BCUT2D eigenvalue weighted by Crippen LogP contribution is 2.21. The van der Waals surface area contributed by atoms with E-state index in [1.54, 1.807) is 6.20 Å². The summed E-state index contributed by atoms with van der Waals surface area (Å²) in [5.41, 5.74) is 2.21. The minimum absolute atomic E-state index is 0. The van der Waals surface area contributed by atoms with Gasteiger partial charge in [0.25, 0.3) is 0 Å². The molecule has 1 aromatic heterocycles. The van der Waals surface area contributed by atoms with E-state index in [0.29, 0.717) is 13.2 Å². The smallest absolute Gasteiger partial charge is 0.194 e. The molecular weight excluding hydrogens is 481 g/mol. The van der Waals surface area contributed by atoms with Crippen LogP contribution in [0.1, 0.15) is 25.3 Å². The van der Waals surface area contributed by atoms with Crippen LogP contribution in [0.25, 0.3) is 5.69 Å². The topological polar surface area (TPSA) is 63.9 Å². The molecule has 8 heteroatoms. The Kier molecular flexibility index (Phi) is 8.31. The van der Waals surface area contributed by atoms with Crippen LogP contribution in [-0.2, 0) is 16.0 Å². The molecule has 0 saturated carbocycles. The van der Waals surface area contributed by atoms with Crippen molar-refractivity contribution in [2.45, 2.75) is 38.5 Å².